The SMILES string of the molecule is O=C(NCC[N+]1([O-])CCC(CCc2ccccc2)CC1)c1cccnc1. The lowest BCUT2D eigenvalue weighted by Gasteiger charge is -2.47. The van der Waals surface area contributed by atoms with Crippen molar-refractivity contribution in [1.82, 2.24) is 10.3 Å². The van der Waals surface area contributed by atoms with Crippen LogP contribution in [0.25, 0.3) is 0 Å². The van der Waals surface area contributed by atoms with E-state index in [1.54, 1.807) is 18.3 Å². The van der Waals surface area contributed by atoms with E-state index in [0.717, 1.165) is 25.7 Å². The quantitative estimate of drug-likeness (QED) is 0.614. The molecule has 0 radical (unpaired) electrons. The van der Waals surface area contributed by atoms with Crippen molar-refractivity contribution in [3.63, 3.8) is 0 Å². The van der Waals surface area contributed by atoms with E-state index in [0.29, 0.717) is 37.7 Å². The van der Waals surface area contributed by atoms with Crippen LogP contribution >= 0.6 is 0 Å². The van der Waals surface area contributed by atoms with Crippen LogP contribution in [0.2, 0.25) is 0 Å². The van der Waals surface area contributed by atoms with Crippen molar-refractivity contribution in [3.8, 4) is 0 Å². The Balaban J connectivity index is 1.37. The lowest BCUT2D eigenvalue weighted by molar-refractivity contribution is -0.885. The molecule has 2 aromatic rings. The lowest BCUT2D eigenvalue weighted by Crippen LogP contribution is -2.51. The van der Waals surface area contributed by atoms with Crippen LogP contribution in [0.1, 0.15) is 35.2 Å². The number of nitrogens with zero attached hydrogens (tertiary/aromatic N) is 2. The van der Waals surface area contributed by atoms with E-state index < -0.39 is 0 Å². The fraction of sp³-hybridized carbons (Fsp3) is 0.429. The molecule has 1 aliphatic rings. The normalized spacial score (nSPS) is 22.7. The largest absolute Gasteiger partial charge is 0.633 e. The third-order valence-corrected chi connectivity index (χ3v) is 5.30. The van der Waals surface area contributed by atoms with Crippen LogP contribution in [0.5, 0.6) is 0 Å². The van der Waals surface area contributed by atoms with Gasteiger partial charge >= 0.3 is 0 Å². The Morgan fingerprint density at radius 2 is 1.92 bits per heavy atom. The molecule has 1 amide bonds. The number of rotatable bonds is 7. The molecule has 1 fully saturated rings. The molecule has 0 unspecified atom stereocenters. The monoisotopic (exact) mass is 353 g/mol. The molecule has 5 nitrogen and oxygen atoms in total. The average Bonchev–Trinajstić information content (AvgIpc) is 2.69. The van der Waals surface area contributed by atoms with Crippen molar-refractivity contribution in [2.45, 2.75) is 25.7 Å². The first kappa shape index (κ1) is 18.5. The molecule has 1 saturated heterocycles. The number of hydrogen-bond acceptors (Lipinski definition) is 3. The Kier molecular flexibility index (Phi) is 6.36. The second-order valence-electron chi connectivity index (χ2n) is 7.19. The Morgan fingerprint density at radius 3 is 2.62 bits per heavy atom. The van der Waals surface area contributed by atoms with Crippen molar-refractivity contribution >= 4 is 5.91 Å². The highest BCUT2D eigenvalue weighted by atomic mass is 16.5. The summed E-state index contributed by atoms with van der Waals surface area (Å²) >= 11 is 0. The van der Waals surface area contributed by atoms with Gasteiger partial charge in [-0.2, -0.15) is 0 Å². The summed E-state index contributed by atoms with van der Waals surface area (Å²) in [5, 5.41) is 15.7. The van der Waals surface area contributed by atoms with Crippen LogP contribution in [-0.4, -0.2) is 41.7 Å². The van der Waals surface area contributed by atoms with Gasteiger partial charge < -0.3 is 15.2 Å². The number of amides is 1. The molecule has 5 heteroatoms. The first-order valence-electron chi connectivity index (χ1n) is 9.44. The zero-order valence-electron chi connectivity index (χ0n) is 15.1. The zero-order valence-corrected chi connectivity index (χ0v) is 15.1. The molecular formula is C21H27N3O2. The van der Waals surface area contributed by atoms with E-state index in [4.69, 9.17) is 0 Å². The van der Waals surface area contributed by atoms with Gasteiger partial charge in [-0.05, 0) is 49.3 Å². The maximum Gasteiger partial charge on any atom is 0.253 e. The fourth-order valence-corrected chi connectivity index (χ4v) is 3.59. The van der Waals surface area contributed by atoms with Gasteiger partial charge in [0.05, 0.1) is 31.7 Å². The van der Waals surface area contributed by atoms with Crippen LogP contribution in [0, 0.1) is 11.1 Å². The predicted molar refractivity (Wildman–Crippen MR) is 102 cm³/mol. The van der Waals surface area contributed by atoms with Gasteiger partial charge in [0.2, 0.25) is 0 Å². The number of aromatic nitrogens is 1. The van der Waals surface area contributed by atoms with E-state index in [2.05, 4.69) is 34.6 Å². The van der Waals surface area contributed by atoms with Crippen LogP contribution in [0.15, 0.2) is 54.9 Å². The van der Waals surface area contributed by atoms with Gasteiger partial charge in [0.15, 0.2) is 0 Å². The Hall–Kier alpha value is -2.24. The standard InChI is InChI=1S/C21H27N3O2/c25-21(20-7-4-12-22-17-20)23-13-16-24(26)14-10-19(11-15-24)9-8-18-5-2-1-3-6-18/h1-7,12,17,19H,8-11,13-16H2,(H,23,25). The molecule has 0 saturated carbocycles. The minimum absolute atomic E-state index is 0.164. The van der Waals surface area contributed by atoms with E-state index in [9.17, 15) is 10.0 Å². The van der Waals surface area contributed by atoms with Crippen LogP contribution < -0.4 is 5.32 Å². The molecule has 2 heterocycles. The van der Waals surface area contributed by atoms with E-state index >= 15 is 0 Å². The Bertz CT molecular complexity index is 683. The van der Waals surface area contributed by atoms with Crippen molar-refractivity contribution in [3.05, 3.63) is 71.2 Å². The van der Waals surface area contributed by atoms with Crippen molar-refractivity contribution in [2.75, 3.05) is 26.2 Å². The van der Waals surface area contributed by atoms with E-state index in [1.807, 2.05) is 6.07 Å². The number of hydroxylamine groups is 3. The fourth-order valence-electron chi connectivity index (χ4n) is 3.59. The number of hydrogen-bond donors (Lipinski definition) is 1. The highest BCUT2D eigenvalue weighted by Crippen LogP contribution is 2.26. The number of likely N-dealkylation sites (tertiary alicyclic amines) is 1. The van der Waals surface area contributed by atoms with E-state index in [1.165, 1.54) is 11.8 Å². The molecule has 0 atom stereocenters. The van der Waals surface area contributed by atoms with Gasteiger partial charge in [0, 0.05) is 12.4 Å². The summed E-state index contributed by atoms with van der Waals surface area (Å²) in [6, 6.07) is 14.0. The van der Waals surface area contributed by atoms with Gasteiger partial charge in [0.1, 0.15) is 0 Å². The molecule has 3 rings (SSSR count). The molecule has 0 aliphatic carbocycles. The summed E-state index contributed by atoms with van der Waals surface area (Å²) in [7, 11) is 0. The second-order valence-corrected chi connectivity index (χ2v) is 7.19. The smallest absolute Gasteiger partial charge is 0.253 e. The maximum absolute atomic E-state index is 12.8. The maximum atomic E-state index is 12.8. The summed E-state index contributed by atoms with van der Waals surface area (Å²) in [6.45, 7) is 2.16. The Morgan fingerprint density at radius 1 is 1.15 bits per heavy atom. The topological polar surface area (TPSA) is 65.0 Å². The summed E-state index contributed by atoms with van der Waals surface area (Å²) in [4.78, 5) is 15.9. The highest BCUT2D eigenvalue weighted by Gasteiger charge is 2.26. The minimum Gasteiger partial charge on any atom is -0.633 e. The molecule has 1 aromatic heterocycles. The summed E-state index contributed by atoms with van der Waals surface area (Å²) in [6.07, 6.45) is 7.37. The summed E-state index contributed by atoms with van der Waals surface area (Å²) < 4.78 is -0.185. The number of pyridine rings is 1. The van der Waals surface area contributed by atoms with Gasteiger partial charge in [-0.15, -0.1) is 0 Å². The first-order chi connectivity index (χ1) is 12.6. The van der Waals surface area contributed by atoms with Crippen molar-refractivity contribution in [1.29, 1.82) is 0 Å². The third kappa shape index (κ3) is 5.38. The predicted octanol–water partition coefficient (Wildman–Crippen LogP) is 3.17. The molecule has 138 valence electrons. The molecule has 1 N–H and O–H groups in total. The van der Waals surface area contributed by atoms with Crippen LogP contribution in [0.4, 0.5) is 0 Å². The summed E-state index contributed by atoms with van der Waals surface area (Å²) in [5.41, 5.74) is 1.91. The van der Waals surface area contributed by atoms with Crippen molar-refractivity contribution < 1.29 is 9.44 Å². The van der Waals surface area contributed by atoms with E-state index in [-0.39, 0.29) is 10.6 Å². The van der Waals surface area contributed by atoms with Gasteiger partial charge in [-0.3, -0.25) is 9.78 Å². The van der Waals surface area contributed by atoms with Gasteiger partial charge in [-0.1, -0.05) is 30.3 Å². The third-order valence-electron chi connectivity index (χ3n) is 5.30. The molecule has 1 aromatic carbocycles. The van der Waals surface area contributed by atoms with Crippen molar-refractivity contribution in [2.24, 2.45) is 5.92 Å². The molecule has 0 bridgehead atoms. The molecular weight excluding hydrogens is 326 g/mol. The summed E-state index contributed by atoms with van der Waals surface area (Å²) in [5.74, 6) is 0.475. The number of nitrogens with one attached hydrogen (secondary N) is 1. The average molecular weight is 353 g/mol. The number of benzene rings is 1. The van der Waals surface area contributed by atoms with Crippen LogP contribution in [-0.2, 0) is 6.42 Å². The number of aryl methyl sites for hydroxylation is 1. The zero-order chi connectivity index (χ0) is 18.2. The van der Waals surface area contributed by atoms with Gasteiger partial charge in [0.25, 0.3) is 5.91 Å². The van der Waals surface area contributed by atoms with Gasteiger partial charge in [-0.25, -0.2) is 0 Å². The first-order valence-corrected chi connectivity index (χ1v) is 9.44. The highest BCUT2D eigenvalue weighted by molar-refractivity contribution is 5.93. The number of piperidine rings is 1. The molecule has 0 spiro atoms. The number of carbonyl (C=O) groups excluding carboxylic acids is 1. The minimum atomic E-state index is -0.185. The number of carbonyl (C=O) groups is 1. The molecule has 1 aliphatic heterocycles. The Labute approximate surface area is 155 Å². The number of quaternary nitrogens is 1. The second kappa shape index (κ2) is 8.92. The lowest BCUT2D eigenvalue weighted by atomic mass is 9.90. The van der Waals surface area contributed by atoms with Crippen LogP contribution in [0.3, 0.4) is 0 Å². The molecule has 26 heavy (non-hydrogen) atoms.